The van der Waals surface area contributed by atoms with Gasteiger partial charge >= 0.3 is 0 Å². The molecule has 1 heterocycles. The van der Waals surface area contributed by atoms with Crippen molar-refractivity contribution in [3.63, 3.8) is 0 Å². The third-order valence-corrected chi connectivity index (χ3v) is 6.25. The van der Waals surface area contributed by atoms with Crippen LogP contribution in [-0.2, 0) is 13.0 Å². The van der Waals surface area contributed by atoms with Crippen molar-refractivity contribution in [2.45, 2.75) is 47.6 Å². The van der Waals surface area contributed by atoms with E-state index >= 15 is 0 Å². The Morgan fingerprint density at radius 3 is 2.21 bits per heavy atom. The largest absolute Gasteiger partial charge is 0.287 e. The molecule has 3 heteroatoms. The molecule has 2 aromatic carbocycles. The Bertz CT molecular complexity index is 1040. The number of hydrogen-bond donors (Lipinski definition) is 0. The minimum Gasteiger partial charge on any atom is -0.287 e. The highest BCUT2D eigenvalue weighted by atomic mass is 79.9. The van der Waals surface area contributed by atoms with Crippen LogP contribution in [0.15, 0.2) is 53.1 Å². The second-order valence-electron chi connectivity index (χ2n) is 7.65. The van der Waals surface area contributed by atoms with Gasteiger partial charge in [0.05, 0.1) is 0 Å². The molecule has 0 fully saturated rings. The van der Waals surface area contributed by atoms with Crippen molar-refractivity contribution in [1.29, 1.82) is 0 Å². The van der Waals surface area contributed by atoms with Gasteiger partial charge in [0, 0.05) is 28.6 Å². The molecule has 3 aromatic rings. The smallest absolute Gasteiger partial charge is 0.227 e. The molecule has 0 bridgehead atoms. The minimum absolute atomic E-state index is 0.123. The molecule has 0 amide bonds. The maximum atomic E-state index is 12.6. The molecule has 28 heavy (non-hydrogen) atoms. The molecular formula is C25H27BrNO+. The number of rotatable bonds is 5. The van der Waals surface area contributed by atoms with Crippen LogP contribution in [0.1, 0.15) is 49.4 Å². The topological polar surface area (TPSA) is 20.9 Å². The number of nitrogens with zero attached hydrogens (tertiary/aromatic N) is 1. The zero-order chi connectivity index (χ0) is 20.4. The molecule has 0 radical (unpaired) electrons. The van der Waals surface area contributed by atoms with E-state index in [1.54, 1.807) is 0 Å². The Morgan fingerprint density at radius 1 is 0.857 bits per heavy atom. The lowest BCUT2D eigenvalue weighted by Crippen LogP contribution is -2.41. The van der Waals surface area contributed by atoms with Crippen LogP contribution in [0.5, 0.6) is 0 Å². The van der Waals surface area contributed by atoms with Crippen molar-refractivity contribution in [1.82, 2.24) is 0 Å². The summed E-state index contributed by atoms with van der Waals surface area (Å²) in [5.41, 5.74) is 9.83. The van der Waals surface area contributed by atoms with Crippen LogP contribution in [0.4, 0.5) is 0 Å². The zero-order valence-corrected chi connectivity index (χ0v) is 18.9. The highest BCUT2D eigenvalue weighted by Crippen LogP contribution is 2.21. The van der Waals surface area contributed by atoms with Gasteiger partial charge in [0.25, 0.3) is 0 Å². The van der Waals surface area contributed by atoms with Crippen molar-refractivity contribution in [3.8, 4) is 0 Å². The number of aryl methyl sites for hydroxylation is 3. The van der Waals surface area contributed by atoms with Gasteiger partial charge in [-0.2, -0.15) is 4.57 Å². The molecular weight excluding hydrogens is 410 g/mol. The summed E-state index contributed by atoms with van der Waals surface area (Å²) in [6, 6.07) is 14.2. The Morgan fingerprint density at radius 2 is 1.54 bits per heavy atom. The van der Waals surface area contributed by atoms with Gasteiger partial charge < -0.3 is 0 Å². The van der Waals surface area contributed by atoms with Crippen molar-refractivity contribution in [2.75, 3.05) is 0 Å². The van der Waals surface area contributed by atoms with Gasteiger partial charge in [0.1, 0.15) is 0 Å². The Labute approximate surface area is 176 Å². The molecule has 0 saturated carbocycles. The molecule has 0 aliphatic carbocycles. The van der Waals surface area contributed by atoms with E-state index in [1.807, 2.05) is 24.3 Å². The van der Waals surface area contributed by atoms with E-state index in [2.05, 4.69) is 79.5 Å². The number of ketones is 1. The molecule has 0 saturated heterocycles. The number of Topliss-reactive ketones (excluding diaryl/α,β-unsaturated/α-hetero) is 1. The lowest BCUT2D eigenvalue weighted by Gasteiger charge is -2.13. The standard InChI is InChI=1S/C25H27BrNO/c1-16-6-7-22(20(5)19(16)4)13-23-12-18(3)27(14-17(23)2)15-25(28)21-8-10-24(26)11-9-21/h6-12,14H,13,15H2,1-5H3/q+1. The second kappa shape index (κ2) is 8.40. The summed E-state index contributed by atoms with van der Waals surface area (Å²) >= 11 is 3.41. The summed E-state index contributed by atoms with van der Waals surface area (Å²) in [5, 5.41) is 0. The van der Waals surface area contributed by atoms with Gasteiger partial charge in [-0.3, -0.25) is 4.79 Å². The predicted octanol–water partition coefficient (Wildman–Crippen LogP) is 5.75. The van der Waals surface area contributed by atoms with Gasteiger partial charge in [-0.05, 0) is 74.1 Å². The lowest BCUT2D eigenvalue weighted by atomic mass is 9.93. The van der Waals surface area contributed by atoms with Gasteiger partial charge in [-0.15, -0.1) is 0 Å². The fourth-order valence-corrected chi connectivity index (χ4v) is 3.78. The number of carbonyl (C=O) groups excluding carboxylic acids is 1. The van der Waals surface area contributed by atoms with E-state index in [1.165, 1.54) is 33.4 Å². The third-order valence-electron chi connectivity index (χ3n) is 5.72. The molecule has 0 unspecified atom stereocenters. The number of halogens is 1. The summed E-state index contributed by atoms with van der Waals surface area (Å²) in [4.78, 5) is 12.6. The number of aromatic nitrogens is 1. The molecule has 0 spiro atoms. The van der Waals surface area contributed by atoms with E-state index in [-0.39, 0.29) is 5.78 Å². The maximum absolute atomic E-state index is 12.6. The Hall–Kier alpha value is -2.26. The number of hydrogen-bond acceptors (Lipinski definition) is 1. The zero-order valence-electron chi connectivity index (χ0n) is 17.3. The second-order valence-corrected chi connectivity index (χ2v) is 8.57. The van der Waals surface area contributed by atoms with Crippen LogP contribution in [0.2, 0.25) is 0 Å². The first-order valence-corrected chi connectivity index (χ1v) is 10.4. The summed E-state index contributed by atoms with van der Waals surface area (Å²) in [6.07, 6.45) is 3.03. The first-order valence-electron chi connectivity index (χ1n) is 9.60. The van der Waals surface area contributed by atoms with E-state index in [4.69, 9.17) is 0 Å². The summed E-state index contributed by atoms with van der Waals surface area (Å²) in [6.45, 7) is 11.1. The van der Waals surface area contributed by atoms with Gasteiger partial charge in [-0.25, -0.2) is 0 Å². The van der Waals surface area contributed by atoms with Crippen molar-refractivity contribution in [2.24, 2.45) is 0 Å². The molecule has 144 valence electrons. The molecule has 0 aliphatic heterocycles. The summed E-state index contributed by atoms with van der Waals surface area (Å²) in [7, 11) is 0. The molecule has 0 atom stereocenters. The highest BCUT2D eigenvalue weighted by molar-refractivity contribution is 9.10. The SMILES string of the molecule is Cc1c[n+](CC(=O)c2ccc(Br)cc2)c(C)cc1Cc1ccc(C)c(C)c1C. The first kappa shape index (κ1) is 20.5. The van der Waals surface area contributed by atoms with Crippen molar-refractivity contribution in [3.05, 3.63) is 97.8 Å². The monoisotopic (exact) mass is 436 g/mol. The van der Waals surface area contributed by atoms with Crippen LogP contribution in [-0.4, -0.2) is 5.78 Å². The lowest BCUT2D eigenvalue weighted by molar-refractivity contribution is -0.689. The van der Waals surface area contributed by atoms with E-state index < -0.39 is 0 Å². The van der Waals surface area contributed by atoms with Crippen LogP contribution in [0.25, 0.3) is 0 Å². The summed E-state index contributed by atoms with van der Waals surface area (Å²) < 4.78 is 3.03. The predicted molar refractivity (Wildman–Crippen MR) is 118 cm³/mol. The average molecular weight is 437 g/mol. The fraction of sp³-hybridized carbons (Fsp3) is 0.280. The number of carbonyl (C=O) groups is 1. The van der Waals surface area contributed by atoms with Crippen LogP contribution < -0.4 is 4.57 Å². The Balaban J connectivity index is 1.84. The Kier molecular flexibility index (Phi) is 6.14. The molecule has 1 aromatic heterocycles. The quantitative estimate of drug-likeness (QED) is 0.368. The fourth-order valence-electron chi connectivity index (χ4n) is 3.52. The van der Waals surface area contributed by atoms with E-state index in [0.29, 0.717) is 6.54 Å². The van der Waals surface area contributed by atoms with Gasteiger partial charge in [0.15, 0.2) is 11.9 Å². The highest BCUT2D eigenvalue weighted by Gasteiger charge is 2.17. The van der Waals surface area contributed by atoms with Gasteiger partial charge in [-0.1, -0.05) is 40.2 Å². The average Bonchev–Trinajstić information content (AvgIpc) is 2.66. The van der Waals surface area contributed by atoms with Crippen LogP contribution in [0, 0.1) is 34.6 Å². The third kappa shape index (κ3) is 4.41. The normalized spacial score (nSPS) is 10.9. The van der Waals surface area contributed by atoms with E-state index in [9.17, 15) is 4.79 Å². The molecule has 2 nitrogen and oxygen atoms in total. The van der Waals surface area contributed by atoms with Crippen LogP contribution in [0.3, 0.4) is 0 Å². The van der Waals surface area contributed by atoms with E-state index in [0.717, 1.165) is 22.2 Å². The molecule has 0 aliphatic rings. The molecule has 0 N–H and O–H groups in total. The molecule has 3 rings (SSSR count). The minimum atomic E-state index is 0.123. The first-order chi connectivity index (χ1) is 13.3. The van der Waals surface area contributed by atoms with Crippen LogP contribution >= 0.6 is 15.9 Å². The number of benzene rings is 2. The number of pyridine rings is 1. The maximum Gasteiger partial charge on any atom is 0.227 e. The van der Waals surface area contributed by atoms with Gasteiger partial charge in [0.2, 0.25) is 12.3 Å². The van der Waals surface area contributed by atoms with Crippen molar-refractivity contribution < 1.29 is 9.36 Å². The summed E-state index contributed by atoms with van der Waals surface area (Å²) in [5.74, 6) is 0.123. The van der Waals surface area contributed by atoms with Crippen molar-refractivity contribution >= 4 is 21.7 Å².